The number of benzene rings is 2. The highest BCUT2D eigenvalue weighted by Crippen LogP contribution is 2.21. The maximum absolute atomic E-state index is 12.7. The van der Waals surface area contributed by atoms with E-state index in [1.807, 2.05) is 50.2 Å². The molecular weight excluding hydrogens is 354 g/mol. The molecule has 1 N–H and O–H groups in total. The van der Waals surface area contributed by atoms with E-state index < -0.39 is 17.8 Å². The van der Waals surface area contributed by atoms with Gasteiger partial charge in [0.05, 0.1) is 5.69 Å². The Labute approximate surface area is 163 Å². The van der Waals surface area contributed by atoms with Crippen LogP contribution in [0.3, 0.4) is 0 Å². The minimum Gasteiger partial charge on any atom is -0.378 e. The fourth-order valence-corrected chi connectivity index (χ4v) is 2.74. The molecule has 2 aromatic rings. The molecule has 4 amide bonds. The Kier molecular flexibility index (Phi) is 5.40. The first kappa shape index (κ1) is 19.1. The topological polar surface area (TPSA) is 69.7 Å². The molecule has 6 nitrogen and oxygen atoms in total. The zero-order chi connectivity index (χ0) is 20.3. The predicted octanol–water partition coefficient (Wildman–Crippen LogP) is 3.28. The highest BCUT2D eigenvalue weighted by molar-refractivity contribution is 6.37. The lowest BCUT2D eigenvalue weighted by atomic mass is 10.1. The largest absolute Gasteiger partial charge is 0.378 e. The summed E-state index contributed by atoms with van der Waals surface area (Å²) in [5.74, 6) is -1.35. The number of hydrogen-bond acceptors (Lipinski definition) is 4. The Bertz CT molecular complexity index is 971. The van der Waals surface area contributed by atoms with Gasteiger partial charge in [0.2, 0.25) is 0 Å². The molecular formula is C22H21N3O3. The molecule has 0 spiro atoms. The first-order valence-electron chi connectivity index (χ1n) is 8.79. The monoisotopic (exact) mass is 375 g/mol. The smallest absolute Gasteiger partial charge is 0.335 e. The van der Waals surface area contributed by atoms with Gasteiger partial charge in [-0.15, -0.1) is 0 Å². The molecule has 0 radical (unpaired) electrons. The van der Waals surface area contributed by atoms with E-state index in [2.05, 4.69) is 5.32 Å². The van der Waals surface area contributed by atoms with Gasteiger partial charge in [-0.25, -0.2) is 9.69 Å². The molecule has 0 aromatic heterocycles. The Morgan fingerprint density at radius 2 is 1.57 bits per heavy atom. The van der Waals surface area contributed by atoms with Crippen LogP contribution in [0.15, 0.2) is 66.3 Å². The van der Waals surface area contributed by atoms with Gasteiger partial charge in [0.1, 0.15) is 5.57 Å². The Morgan fingerprint density at radius 3 is 2.18 bits per heavy atom. The quantitative estimate of drug-likeness (QED) is 0.658. The molecule has 1 fully saturated rings. The van der Waals surface area contributed by atoms with Crippen molar-refractivity contribution in [1.82, 2.24) is 5.32 Å². The van der Waals surface area contributed by atoms with Crippen molar-refractivity contribution in [3.63, 3.8) is 0 Å². The minimum atomic E-state index is -0.751. The van der Waals surface area contributed by atoms with Gasteiger partial charge in [-0.1, -0.05) is 42.0 Å². The summed E-state index contributed by atoms with van der Waals surface area (Å²) in [6, 6.07) is 14.0. The van der Waals surface area contributed by atoms with E-state index in [0.29, 0.717) is 5.69 Å². The molecule has 2 aromatic carbocycles. The van der Waals surface area contributed by atoms with Gasteiger partial charge < -0.3 is 4.90 Å². The van der Waals surface area contributed by atoms with Crippen LogP contribution < -0.4 is 15.1 Å². The number of hydrogen-bond donors (Lipinski definition) is 1. The Balaban J connectivity index is 1.83. The van der Waals surface area contributed by atoms with Crippen LogP contribution in [0.5, 0.6) is 0 Å². The Morgan fingerprint density at radius 1 is 0.929 bits per heavy atom. The molecule has 1 aliphatic heterocycles. The molecule has 1 saturated heterocycles. The van der Waals surface area contributed by atoms with E-state index in [9.17, 15) is 14.4 Å². The molecule has 1 heterocycles. The fraction of sp³-hybridized carbons (Fsp3) is 0.136. The van der Waals surface area contributed by atoms with E-state index in [1.165, 1.54) is 6.08 Å². The molecule has 0 unspecified atom stereocenters. The number of aryl methyl sites for hydroxylation is 1. The van der Waals surface area contributed by atoms with Gasteiger partial charge in [-0.3, -0.25) is 14.9 Å². The normalized spacial score (nSPS) is 16.0. The molecule has 1 aliphatic rings. The van der Waals surface area contributed by atoms with Crippen LogP contribution in [0.25, 0.3) is 6.08 Å². The Hall–Kier alpha value is -3.67. The average molecular weight is 375 g/mol. The lowest BCUT2D eigenvalue weighted by molar-refractivity contribution is -0.122. The lowest BCUT2D eigenvalue weighted by Gasteiger charge is -2.26. The second kappa shape index (κ2) is 7.92. The van der Waals surface area contributed by atoms with E-state index in [1.54, 1.807) is 36.4 Å². The number of anilines is 2. The van der Waals surface area contributed by atoms with Crippen molar-refractivity contribution >= 4 is 35.3 Å². The number of carbonyl (C=O) groups is 3. The molecule has 3 rings (SSSR count). The van der Waals surface area contributed by atoms with Crippen molar-refractivity contribution < 1.29 is 14.4 Å². The van der Waals surface area contributed by atoms with Crippen LogP contribution in [0, 0.1) is 6.92 Å². The van der Waals surface area contributed by atoms with Crippen molar-refractivity contribution in [1.29, 1.82) is 0 Å². The number of rotatable bonds is 4. The summed E-state index contributed by atoms with van der Waals surface area (Å²) in [6.45, 7) is 1.91. The summed E-state index contributed by atoms with van der Waals surface area (Å²) in [5.41, 5.74) is 3.32. The summed E-state index contributed by atoms with van der Waals surface area (Å²) in [5, 5.41) is 2.21. The first-order chi connectivity index (χ1) is 13.4. The summed E-state index contributed by atoms with van der Waals surface area (Å²) in [4.78, 5) is 40.0. The van der Waals surface area contributed by atoms with Crippen LogP contribution in [0.2, 0.25) is 0 Å². The van der Waals surface area contributed by atoms with Crippen molar-refractivity contribution in [2.45, 2.75) is 6.92 Å². The molecule has 0 saturated carbocycles. The van der Waals surface area contributed by atoms with Gasteiger partial charge in [-0.2, -0.15) is 0 Å². The number of imide groups is 2. The third-order valence-corrected chi connectivity index (χ3v) is 4.35. The predicted molar refractivity (Wildman–Crippen MR) is 110 cm³/mol. The number of nitrogens with one attached hydrogen (secondary N) is 1. The van der Waals surface area contributed by atoms with Gasteiger partial charge in [0.25, 0.3) is 11.8 Å². The van der Waals surface area contributed by atoms with Crippen molar-refractivity contribution in [3.05, 3.63) is 77.4 Å². The lowest BCUT2D eigenvalue weighted by Crippen LogP contribution is -2.54. The highest BCUT2D eigenvalue weighted by Gasteiger charge is 2.36. The van der Waals surface area contributed by atoms with E-state index >= 15 is 0 Å². The van der Waals surface area contributed by atoms with Crippen molar-refractivity contribution in [2.24, 2.45) is 0 Å². The number of barbiturate groups is 1. The van der Waals surface area contributed by atoms with E-state index in [4.69, 9.17) is 0 Å². The molecule has 6 heteroatoms. The second-order valence-corrected chi connectivity index (χ2v) is 6.66. The average Bonchev–Trinajstić information content (AvgIpc) is 2.66. The van der Waals surface area contributed by atoms with E-state index in [-0.39, 0.29) is 5.57 Å². The second-order valence-electron chi connectivity index (χ2n) is 6.66. The third kappa shape index (κ3) is 4.01. The summed E-state index contributed by atoms with van der Waals surface area (Å²) < 4.78 is 0. The van der Waals surface area contributed by atoms with Gasteiger partial charge >= 0.3 is 6.03 Å². The number of carbonyl (C=O) groups excluding carboxylic acids is 3. The van der Waals surface area contributed by atoms with Gasteiger partial charge in [-0.05, 0) is 42.8 Å². The third-order valence-electron chi connectivity index (χ3n) is 4.35. The van der Waals surface area contributed by atoms with Crippen molar-refractivity contribution in [2.75, 3.05) is 23.9 Å². The van der Waals surface area contributed by atoms with Crippen LogP contribution in [-0.2, 0) is 9.59 Å². The number of allylic oxidation sites excluding steroid dienone is 2. The number of urea groups is 1. The number of nitrogens with zero attached hydrogens (tertiary/aromatic N) is 2. The van der Waals surface area contributed by atoms with Crippen LogP contribution in [0.1, 0.15) is 11.1 Å². The summed E-state index contributed by atoms with van der Waals surface area (Å²) >= 11 is 0. The van der Waals surface area contributed by atoms with Crippen molar-refractivity contribution in [3.8, 4) is 0 Å². The molecule has 0 atom stereocenters. The highest BCUT2D eigenvalue weighted by atomic mass is 16.2. The van der Waals surface area contributed by atoms with E-state index in [0.717, 1.165) is 21.7 Å². The van der Waals surface area contributed by atoms with Gasteiger partial charge in [0.15, 0.2) is 0 Å². The maximum atomic E-state index is 12.7. The molecule has 0 bridgehead atoms. The molecule has 142 valence electrons. The maximum Gasteiger partial charge on any atom is 0.335 e. The van der Waals surface area contributed by atoms with Crippen LogP contribution in [0.4, 0.5) is 16.2 Å². The minimum absolute atomic E-state index is 0.0960. The number of amides is 4. The standard InChI is InChI=1S/C22H21N3O3/c1-15-7-11-18(12-8-15)25-21(27)19(20(26)23-22(25)28)6-4-5-16-9-13-17(14-10-16)24(2)3/h4-14H,1-3H3,(H,23,26,28)/b5-4-,19-6-. The summed E-state index contributed by atoms with van der Waals surface area (Å²) in [7, 11) is 3.92. The van der Waals surface area contributed by atoms with Crippen LogP contribution in [-0.4, -0.2) is 31.9 Å². The molecule has 28 heavy (non-hydrogen) atoms. The van der Waals surface area contributed by atoms with Crippen LogP contribution >= 0.6 is 0 Å². The SMILES string of the molecule is Cc1ccc(N2C(=O)NC(=O)/C(=C/C=C\c3ccc(N(C)C)cc3)C2=O)cc1. The fourth-order valence-electron chi connectivity index (χ4n) is 2.74. The zero-order valence-corrected chi connectivity index (χ0v) is 16.0. The molecule has 0 aliphatic carbocycles. The summed E-state index contributed by atoms with van der Waals surface area (Å²) in [6.07, 6.45) is 4.84. The zero-order valence-electron chi connectivity index (χ0n) is 16.0. The first-order valence-corrected chi connectivity index (χ1v) is 8.79. The van der Waals surface area contributed by atoms with Gasteiger partial charge in [0, 0.05) is 19.8 Å².